The van der Waals surface area contributed by atoms with Crippen LogP contribution in [0, 0.1) is 0 Å². The number of amides is 1. The average molecular weight is 319 g/mol. The minimum Gasteiger partial charge on any atom is -0.444 e. The van der Waals surface area contributed by atoms with Gasteiger partial charge in [-0.2, -0.15) is 0 Å². The standard InChI is InChI=1S/C14H26NO5P/c1-14(2,3)20-13(16)15-12-8-6-11(7-9-12)10-21(17,18-4)19-5/h10,12H,6-9H2,1-5H3,(H,15,16). The second-order valence-corrected chi connectivity index (χ2v) is 8.18. The second-order valence-electron chi connectivity index (χ2n) is 6.11. The zero-order valence-corrected chi connectivity index (χ0v) is 14.4. The maximum absolute atomic E-state index is 12.0. The highest BCUT2D eigenvalue weighted by Crippen LogP contribution is 2.50. The summed E-state index contributed by atoms with van der Waals surface area (Å²) in [5, 5.41) is 2.87. The molecular weight excluding hydrogens is 293 g/mol. The van der Waals surface area contributed by atoms with Crippen LogP contribution in [0.25, 0.3) is 0 Å². The van der Waals surface area contributed by atoms with E-state index in [1.807, 2.05) is 20.8 Å². The molecule has 122 valence electrons. The van der Waals surface area contributed by atoms with Crippen molar-refractivity contribution in [3.63, 3.8) is 0 Å². The highest BCUT2D eigenvalue weighted by Gasteiger charge is 2.25. The second kappa shape index (κ2) is 7.43. The summed E-state index contributed by atoms with van der Waals surface area (Å²) in [5.74, 6) is 1.59. The molecule has 0 atom stereocenters. The van der Waals surface area contributed by atoms with Gasteiger partial charge in [-0.1, -0.05) is 5.57 Å². The number of carbonyl (C=O) groups is 1. The monoisotopic (exact) mass is 319 g/mol. The van der Waals surface area contributed by atoms with Gasteiger partial charge in [0, 0.05) is 26.1 Å². The quantitative estimate of drug-likeness (QED) is 0.797. The summed E-state index contributed by atoms with van der Waals surface area (Å²) in [5.41, 5.74) is 0.553. The van der Waals surface area contributed by atoms with Crippen LogP contribution in [-0.4, -0.2) is 32.0 Å². The van der Waals surface area contributed by atoms with E-state index in [1.165, 1.54) is 14.2 Å². The summed E-state index contributed by atoms with van der Waals surface area (Å²) in [4.78, 5) is 11.7. The van der Waals surface area contributed by atoms with Crippen molar-refractivity contribution in [1.29, 1.82) is 0 Å². The molecule has 1 aliphatic rings. The fourth-order valence-corrected chi connectivity index (χ4v) is 3.21. The van der Waals surface area contributed by atoms with E-state index >= 15 is 0 Å². The van der Waals surface area contributed by atoms with Gasteiger partial charge < -0.3 is 19.1 Å². The van der Waals surface area contributed by atoms with Crippen molar-refractivity contribution in [2.45, 2.75) is 58.1 Å². The summed E-state index contributed by atoms with van der Waals surface area (Å²) in [6.07, 6.45) is 2.71. The third-order valence-corrected chi connectivity index (χ3v) is 4.90. The summed E-state index contributed by atoms with van der Waals surface area (Å²) in [6.45, 7) is 5.50. The zero-order chi connectivity index (χ0) is 16.1. The first-order chi connectivity index (χ1) is 9.67. The first-order valence-electron chi connectivity index (χ1n) is 7.09. The lowest BCUT2D eigenvalue weighted by atomic mass is 9.92. The number of hydrogen-bond donors (Lipinski definition) is 1. The molecule has 0 saturated heterocycles. The molecule has 1 N–H and O–H groups in total. The molecule has 7 heteroatoms. The lowest BCUT2D eigenvalue weighted by Crippen LogP contribution is -2.40. The smallest absolute Gasteiger partial charge is 0.407 e. The molecule has 0 aromatic carbocycles. The molecule has 0 unspecified atom stereocenters. The van der Waals surface area contributed by atoms with E-state index in [0.29, 0.717) is 0 Å². The third-order valence-electron chi connectivity index (χ3n) is 3.20. The Balaban J connectivity index is 2.48. The molecule has 1 saturated carbocycles. The van der Waals surface area contributed by atoms with Crippen molar-refractivity contribution in [1.82, 2.24) is 5.32 Å². The molecule has 0 bridgehead atoms. The van der Waals surface area contributed by atoms with Gasteiger partial charge in [-0.3, -0.25) is 4.57 Å². The van der Waals surface area contributed by atoms with Crippen LogP contribution in [0.15, 0.2) is 11.4 Å². The topological polar surface area (TPSA) is 73.9 Å². The molecule has 1 amide bonds. The fraction of sp³-hybridized carbons (Fsp3) is 0.786. The molecule has 21 heavy (non-hydrogen) atoms. The van der Waals surface area contributed by atoms with Crippen LogP contribution in [0.3, 0.4) is 0 Å². The van der Waals surface area contributed by atoms with Gasteiger partial charge in [0.1, 0.15) is 5.60 Å². The molecule has 0 heterocycles. The Morgan fingerprint density at radius 2 is 1.76 bits per heavy atom. The maximum Gasteiger partial charge on any atom is 0.407 e. The molecule has 1 aliphatic carbocycles. The van der Waals surface area contributed by atoms with Crippen LogP contribution in [0.4, 0.5) is 4.79 Å². The molecule has 0 spiro atoms. The predicted molar refractivity (Wildman–Crippen MR) is 81.3 cm³/mol. The Kier molecular flexibility index (Phi) is 6.44. The first-order valence-corrected chi connectivity index (χ1v) is 8.70. The van der Waals surface area contributed by atoms with E-state index < -0.39 is 13.2 Å². The van der Waals surface area contributed by atoms with Crippen LogP contribution in [-0.2, 0) is 18.3 Å². The summed E-state index contributed by atoms with van der Waals surface area (Å²) in [7, 11) is -0.355. The zero-order valence-electron chi connectivity index (χ0n) is 13.5. The number of rotatable bonds is 4. The summed E-state index contributed by atoms with van der Waals surface area (Å²) >= 11 is 0. The number of nitrogens with one attached hydrogen (secondary N) is 1. The minimum atomic E-state index is -3.10. The number of carbonyl (C=O) groups excluding carboxylic acids is 1. The Morgan fingerprint density at radius 3 is 2.19 bits per heavy atom. The Morgan fingerprint density at radius 1 is 1.24 bits per heavy atom. The van der Waals surface area contributed by atoms with E-state index in [4.69, 9.17) is 13.8 Å². The average Bonchev–Trinajstić information content (AvgIpc) is 2.39. The van der Waals surface area contributed by atoms with E-state index in [9.17, 15) is 9.36 Å². The largest absolute Gasteiger partial charge is 0.444 e. The summed E-state index contributed by atoms with van der Waals surface area (Å²) in [6, 6.07) is 0.0847. The number of allylic oxidation sites excluding steroid dienone is 1. The van der Waals surface area contributed by atoms with Crippen LogP contribution in [0.2, 0.25) is 0 Å². The van der Waals surface area contributed by atoms with Crippen LogP contribution < -0.4 is 5.32 Å². The van der Waals surface area contributed by atoms with Crippen LogP contribution in [0.1, 0.15) is 46.5 Å². The first kappa shape index (κ1) is 18.2. The third kappa shape index (κ3) is 6.64. The molecule has 0 aliphatic heterocycles. The predicted octanol–water partition coefficient (Wildman–Crippen LogP) is 3.82. The highest BCUT2D eigenvalue weighted by molar-refractivity contribution is 7.57. The van der Waals surface area contributed by atoms with Crippen LogP contribution in [0.5, 0.6) is 0 Å². The number of ether oxygens (including phenoxy) is 1. The van der Waals surface area contributed by atoms with Gasteiger partial charge in [0.2, 0.25) is 0 Å². The molecule has 6 nitrogen and oxygen atoms in total. The van der Waals surface area contributed by atoms with E-state index in [1.54, 1.807) is 5.82 Å². The lowest BCUT2D eigenvalue weighted by molar-refractivity contribution is 0.0496. The fourth-order valence-electron chi connectivity index (χ4n) is 2.14. The van der Waals surface area contributed by atoms with Gasteiger partial charge in [-0.25, -0.2) is 4.79 Å². The molecule has 1 fully saturated rings. The van der Waals surface area contributed by atoms with Gasteiger partial charge >= 0.3 is 13.7 Å². The van der Waals surface area contributed by atoms with Gasteiger partial charge in [0.05, 0.1) is 0 Å². The van der Waals surface area contributed by atoms with Gasteiger partial charge in [-0.05, 0) is 46.5 Å². The van der Waals surface area contributed by atoms with Crippen molar-refractivity contribution >= 4 is 13.7 Å². The maximum atomic E-state index is 12.0. The van der Waals surface area contributed by atoms with Crippen molar-refractivity contribution in [3.05, 3.63) is 11.4 Å². The summed E-state index contributed by atoms with van der Waals surface area (Å²) < 4.78 is 27.1. The van der Waals surface area contributed by atoms with Crippen molar-refractivity contribution in [3.8, 4) is 0 Å². The van der Waals surface area contributed by atoms with E-state index in [-0.39, 0.29) is 12.1 Å². The minimum absolute atomic E-state index is 0.0847. The van der Waals surface area contributed by atoms with E-state index in [0.717, 1.165) is 31.3 Å². The lowest BCUT2D eigenvalue weighted by Gasteiger charge is -2.27. The molecular formula is C14H26NO5P. The molecule has 0 aromatic rings. The van der Waals surface area contributed by atoms with Gasteiger partial charge in [0.25, 0.3) is 0 Å². The Hall–Kier alpha value is -0.840. The van der Waals surface area contributed by atoms with Crippen LogP contribution >= 0.6 is 7.60 Å². The number of hydrogen-bond acceptors (Lipinski definition) is 5. The Labute approximate surface area is 126 Å². The molecule has 1 rings (SSSR count). The van der Waals surface area contributed by atoms with E-state index in [2.05, 4.69) is 5.32 Å². The van der Waals surface area contributed by atoms with Crippen molar-refractivity contribution in [2.75, 3.05) is 14.2 Å². The number of alkyl carbamates (subject to hydrolysis) is 1. The molecule has 0 aromatic heterocycles. The van der Waals surface area contributed by atoms with Crippen molar-refractivity contribution in [2.24, 2.45) is 0 Å². The SMILES string of the molecule is COP(=O)(C=C1CCC(NC(=O)OC(C)(C)C)CC1)OC. The molecule has 0 radical (unpaired) electrons. The Bertz CT molecular complexity index is 423. The van der Waals surface area contributed by atoms with Gasteiger partial charge in [0.15, 0.2) is 0 Å². The highest BCUT2D eigenvalue weighted by atomic mass is 31.2. The van der Waals surface area contributed by atoms with Crippen molar-refractivity contribution < 1.29 is 23.1 Å². The normalized spacial score (nSPS) is 20.0. The van der Waals surface area contributed by atoms with Gasteiger partial charge in [-0.15, -0.1) is 0 Å².